The molecule has 2 heterocycles. The van der Waals surface area contributed by atoms with Gasteiger partial charge in [-0.05, 0) is 31.8 Å². The first-order valence-electron chi connectivity index (χ1n) is 5.21. The second-order valence-electron chi connectivity index (χ2n) is 4.18. The summed E-state index contributed by atoms with van der Waals surface area (Å²) in [5.41, 5.74) is 0. The Bertz CT molecular complexity index is 261. The van der Waals surface area contributed by atoms with Crippen LogP contribution < -0.4 is 5.32 Å². The van der Waals surface area contributed by atoms with Crippen molar-refractivity contribution in [2.75, 3.05) is 13.6 Å². The second-order valence-corrected chi connectivity index (χ2v) is 5.21. The Balaban J connectivity index is 1.77. The first-order chi connectivity index (χ1) is 6.75. The molecule has 1 aromatic heterocycles. The van der Waals surface area contributed by atoms with E-state index in [-0.39, 0.29) is 0 Å². The second kappa shape index (κ2) is 4.43. The molecule has 2 unspecified atom stereocenters. The fourth-order valence-corrected chi connectivity index (χ4v) is 2.66. The molecule has 1 aliphatic heterocycles. The third-order valence-corrected chi connectivity index (χ3v) is 3.91. The summed E-state index contributed by atoms with van der Waals surface area (Å²) in [6.07, 6.45) is 1.28. The maximum absolute atomic E-state index is 3.61. The number of nitrogens with zero attached hydrogens (tertiary/aromatic N) is 1. The number of rotatable bonds is 3. The number of nitrogens with one attached hydrogen (secondary N) is 1. The van der Waals surface area contributed by atoms with Gasteiger partial charge in [0.05, 0.1) is 0 Å². The van der Waals surface area contributed by atoms with Crippen LogP contribution >= 0.6 is 11.3 Å². The van der Waals surface area contributed by atoms with Gasteiger partial charge in [0, 0.05) is 30.1 Å². The maximum atomic E-state index is 3.61. The number of likely N-dealkylation sites (tertiary alicyclic amines) is 1. The molecule has 0 spiro atoms. The van der Waals surface area contributed by atoms with Gasteiger partial charge < -0.3 is 10.2 Å². The fourth-order valence-electron chi connectivity index (χ4n) is 2.00. The number of likely N-dealkylation sites (N-methyl/N-ethyl adjacent to an activating group) is 1. The van der Waals surface area contributed by atoms with Gasteiger partial charge in [-0.15, -0.1) is 11.3 Å². The zero-order valence-corrected chi connectivity index (χ0v) is 9.68. The highest BCUT2D eigenvalue weighted by Crippen LogP contribution is 2.16. The van der Waals surface area contributed by atoms with E-state index in [9.17, 15) is 0 Å². The molecule has 1 N–H and O–H groups in total. The molecule has 1 aromatic rings. The topological polar surface area (TPSA) is 15.3 Å². The van der Waals surface area contributed by atoms with Gasteiger partial charge in [0.15, 0.2) is 0 Å². The molecule has 14 heavy (non-hydrogen) atoms. The van der Waals surface area contributed by atoms with Gasteiger partial charge in [0.25, 0.3) is 0 Å². The molecule has 1 saturated heterocycles. The Morgan fingerprint density at radius 3 is 3.07 bits per heavy atom. The lowest BCUT2D eigenvalue weighted by molar-refractivity contribution is 0.326. The largest absolute Gasteiger partial charge is 0.308 e. The van der Waals surface area contributed by atoms with Crippen molar-refractivity contribution in [3.05, 3.63) is 22.4 Å². The lowest BCUT2D eigenvalue weighted by Gasteiger charge is -2.12. The van der Waals surface area contributed by atoms with Crippen molar-refractivity contribution in [3.8, 4) is 0 Å². The summed E-state index contributed by atoms with van der Waals surface area (Å²) in [4.78, 5) is 3.86. The van der Waals surface area contributed by atoms with Crippen LogP contribution in [0.4, 0.5) is 0 Å². The highest BCUT2D eigenvalue weighted by atomic mass is 32.1. The third-order valence-electron chi connectivity index (χ3n) is 3.03. The van der Waals surface area contributed by atoms with Crippen LogP contribution in [0.5, 0.6) is 0 Å². The molecular weight excluding hydrogens is 192 g/mol. The van der Waals surface area contributed by atoms with Gasteiger partial charge in [0.1, 0.15) is 0 Å². The Labute approximate surface area is 89.9 Å². The van der Waals surface area contributed by atoms with Gasteiger partial charge in [-0.25, -0.2) is 0 Å². The van der Waals surface area contributed by atoms with Gasteiger partial charge in [0.2, 0.25) is 0 Å². The highest BCUT2D eigenvalue weighted by molar-refractivity contribution is 7.09. The van der Waals surface area contributed by atoms with E-state index in [0.29, 0.717) is 6.04 Å². The first-order valence-corrected chi connectivity index (χ1v) is 6.09. The zero-order valence-electron chi connectivity index (χ0n) is 8.86. The molecule has 0 amide bonds. The van der Waals surface area contributed by atoms with Crippen LogP contribution in [-0.2, 0) is 6.54 Å². The van der Waals surface area contributed by atoms with Crippen molar-refractivity contribution in [3.63, 3.8) is 0 Å². The number of hydrogen-bond donors (Lipinski definition) is 1. The summed E-state index contributed by atoms with van der Waals surface area (Å²) in [5, 5.41) is 5.75. The van der Waals surface area contributed by atoms with Gasteiger partial charge in [-0.2, -0.15) is 0 Å². The summed E-state index contributed by atoms with van der Waals surface area (Å²) >= 11 is 1.83. The van der Waals surface area contributed by atoms with Crippen LogP contribution in [0.15, 0.2) is 17.5 Å². The highest BCUT2D eigenvalue weighted by Gasteiger charge is 2.25. The number of thiophene rings is 1. The summed E-state index contributed by atoms with van der Waals surface area (Å²) in [5.74, 6) is 0. The molecule has 1 aliphatic rings. The molecule has 2 nitrogen and oxygen atoms in total. The average molecular weight is 210 g/mol. The van der Waals surface area contributed by atoms with E-state index >= 15 is 0 Å². The fraction of sp³-hybridized carbons (Fsp3) is 0.636. The van der Waals surface area contributed by atoms with E-state index < -0.39 is 0 Å². The van der Waals surface area contributed by atoms with Crippen LogP contribution in [0.25, 0.3) is 0 Å². The molecule has 1 fully saturated rings. The Morgan fingerprint density at radius 2 is 2.50 bits per heavy atom. The minimum atomic E-state index is 0.678. The Hall–Kier alpha value is -0.380. The Kier molecular flexibility index (Phi) is 3.21. The molecule has 2 atom stereocenters. The minimum Gasteiger partial charge on any atom is -0.308 e. The van der Waals surface area contributed by atoms with E-state index in [0.717, 1.165) is 12.6 Å². The van der Waals surface area contributed by atoms with E-state index in [2.05, 4.69) is 41.7 Å². The molecule has 0 saturated carbocycles. The van der Waals surface area contributed by atoms with Crippen molar-refractivity contribution < 1.29 is 0 Å². The van der Waals surface area contributed by atoms with Crippen molar-refractivity contribution in [1.29, 1.82) is 0 Å². The third kappa shape index (κ3) is 2.35. The standard InChI is InChI=1S/C11H18N2S/c1-9-6-10(8-13(9)2)12-7-11-4-3-5-14-11/h3-5,9-10,12H,6-8H2,1-2H3. The van der Waals surface area contributed by atoms with E-state index in [1.54, 1.807) is 0 Å². The van der Waals surface area contributed by atoms with Crippen LogP contribution in [0.2, 0.25) is 0 Å². The quantitative estimate of drug-likeness (QED) is 0.820. The lowest BCUT2D eigenvalue weighted by Crippen LogP contribution is -2.30. The Morgan fingerprint density at radius 1 is 1.64 bits per heavy atom. The van der Waals surface area contributed by atoms with Gasteiger partial charge in [-0.1, -0.05) is 6.07 Å². The first kappa shape index (κ1) is 10.1. The van der Waals surface area contributed by atoms with Crippen molar-refractivity contribution in [1.82, 2.24) is 10.2 Å². The molecule has 3 heteroatoms. The summed E-state index contributed by atoms with van der Waals surface area (Å²) < 4.78 is 0. The predicted octanol–water partition coefficient (Wildman–Crippen LogP) is 1.93. The van der Waals surface area contributed by atoms with Crippen molar-refractivity contribution >= 4 is 11.3 Å². The SMILES string of the molecule is CC1CC(NCc2cccs2)CN1C. The average Bonchev–Trinajstić information content (AvgIpc) is 2.74. The van der Waals surface area contributed by atoms with Crippen LogP contribution in [0.3, 0.4) is 0 Å². The smallest absolute Gasteiger partial charge is 0.0302 e. The molecule has 78 valence electrons. The molecular formula is C11H18N2S. The van der Waals surface area contributed by atoms with Crippen molar-refractivity contribution in [2.45, 2.75) is 32.0 Å². The monoisotopic (exact) mass is 210 g/mol. The van der Waals surface area contributed by atoms with Crippen molar-refractivity contribution in [2.24, 2.45) is 0 Å². The summed E-state index contributed by atoms with van der Waals surface area (Å²) in [6, 6.07) is 5.72. The lowest BCUT2D eigenvalue weighted by atomic mass is 10.2. The zero-order chi connectivity index (χ0) is 9.97. The molecule has 0 aliphatic carbocycles. The van der Waals surface area contributed by atoms with E-state index in [1.807, 2.05) is 11.3 Å². The van der Waals surface area contributed by atoms with Gasteiger partial charge in [-0.3, -0.25) is 0 Å². The summed E-state index contributed by atoms with van der Waals surface area (Å²) in [7, 11) is 2.21. The van der Waals surface area contributed by atoms with Crippen LogP contribution in [-0.4, -0.2) is 30.6 Å². The molecule has 2 rings (SSSR count). The maximum Gasteiger partial charge on any atom is 0.0302 e. The summed E-state index contributed by atoms with van der Waals surface area (Å²) in [6.45, 7) is 4.52. The van der Waals surface area contributed by atoms with E-state index in [4.69, 9.17) is 0 Å². The number of hydrogen-bond acceptors (Lipinski definition) is 3. The molecule has 0 bridgehead atoms. The minimum absolute atomic E-state index is 0.678. The van der Waals surface area contributed by atoms with Gasteiger partial charge >= 0.3 is 0 Å². The molecule has 0 radical (unpaired) electrons. The van der Waals surface area contributed by atoms with Crippen LogP contribution in [0, 0.1) is 0 Å². The van der Waals surface area contributed by atoms with Crippen LogP contribution in [0.1, 0.15) is 18.2 Å². The normalized spacial score (nSPS) is 28.4. The van der Waals surface area contributed by atoms with E-state index in [1.165, 1.54) is 17.8 Å². The predicted molar refractivity (Wildman–Crippen MR) is 61.7 cm³/mol. The molecule has 0 aromatic carbocycles.